The zero-order chi connectivity index (χ0) is 11.0. The van der Waals surface area contributed by atoms with Crippen LogP contribution in [0.5, 0.6) is 0 Å². The van der Waals surface area contributed by atoms with E-state index in [1.54, 1.807) is 0 Å². The van der Waals surface area contributed by atoms with Crippen molar-refractivity contribution < 1.29 is 0 Å². The van der Waals surface area contributed by atoms with Gasteiger partial charge < -0.3 is 0 Å². The zero-order valence-electron chi connectivity index (χ0n) is 10.1. The molecule has 0 heterocycles. The summed E-state index contributed by atoms with van der Waals surface area (Å²) in [4.78, 5) is 0. The fourth-order valence-corrected chi connectivity index (χ4v) is 1.51. The normalized spacial score (nSPS) is 15.4. The molecule has 0 aromatic carbocycles. The average molecular weight is 190 g/mol. The van der Waals surface area contributed by atoms with E-state index in [1.807, 2.05) is 6.92 Å². The molecule has 0 aliphatic heterocycles. The minimum atomic E-state index is 1.10. The van der Waals surface area contributed by atoms with Gasteiger partial charge in [0.05, 0.1) is 0 Å². The third kappa shape index (κ3) is 4.27. The maximum absolute atomic E-state index is 2.27. The van der Waals surface area contributed by atoms with E-state index in [9.17, 15) is 0 Å². The van der Waals surface area contributed by atoms with Gasteiger partial charge in [-0.25, -0.2) is 0 Å². The molecule has 0 aromatic heterocycles. The van der Waals surface area contributed by atoms with E-state index in [1.165, 1.54) is 16.7 Å². The molecule has 0 atom stereocenters. The molecule has 0 saturated heterocycles. The van der Waals surface area contributed by atoms with Gasteiger partial charge in [-0.3, -0.25) is 0 Å². The predicted octanol–water partition coefficient (Wildman–Crippen LogP) is 4.81. The summed E-state index contributed by atoms with van der Waals surface area (Å²) in [5.74, 6) is 0. The number of rotatable bonds is 4. The van der Waals surface area contributed by atoms with E-state index < -0.39 is 0 Å². The Morgan fingerprint density at radius 1 is 1.07 bits per heavy atom. The molecule has 0 bridgehead atoms. The van der Waals surface area contributed by atoms with Crippen molar-refractivity contribution in [2.24, 2.45) is 0 Å². The Kier molecular flexibility index (Phi) is 6.82. The van der Waals surface area contributed by atoms with Crippen molar-refractivity contribution in [3.05, 3.63) is 47.1 Å². The Labute approximate surface area is 88.7 Å². The lowest BCUT2D eigenvalue weighted by molar-refractivity contribution is 1.17. The van der Waals surface area contributed by atoms with Crippen molar-refractivity contribution >= 4 is 0 Å². The molecule has 0 heteroatoms. The Morgan fingerprint density at radius 3 is 2.14 bits per heavy atom. The molecule has 0 nitrogen and oxygen atoms in total. The molecule has 78 valence electrons. The lowest BCUT2D eigenvalue weighted by atomic mass is 9.99. The van der Waals surface area contributed by atoms with E-state index in [0.717, 1.165) is 6.42 Å². The molecule has 0 N–H and O–H groups in total. The first-order chi connectivity index (χ1) is 6.67. The van der Waals surface area contributed by atoms with Crippen LogP contribution in [0, 0.1) is 0 Å². The van der Waals surface area contributed by atoms with Gasteiger partial charge in [0.2, 0.25) is 0 Å². The monoisotopic (exact) mass is 190 g/mol. The highest BCUT2D eigenvalue weighted by Crippen LogP contribution is 2.19. The van der Waals surface area contributed by atoms with Gasteiger partial charge in [-0.1, -0.05) is 37.3 Å². The topological polar surface area (TPSA) is 0 Å². The predicted molar refractivity (Wildman–Crippen MR) is 66.4 cm³/mol. The second-order valence-electron chi connectivity index (χ2n) is 3.37. The highest BCUT2D eigenvalue weighted by atomic mass is 14.0. The maximum Gasteiger partial charge on any atom is -0.0244 e. The molecule has 14 heavy (non-hydrogen) atoms. The number of allylic oxidation sites excluding steroid dienone is 8. The van der Waals surface area contributed by atoms with Crippen molar-refractivity contribution in [1.29, 1.82) is 0 Å². The number of hydrogen-bond donors (Lipinski definition) is 0. The Hall–Kier alpha value is -1.04. The smallest absolute Gasteiger partial charge is 0.0244 e. The molecule has 0 unspecified atom stereocenters. The molecule has 0 saturated carbocycles. The van der Waals surface area contributed by atoms with E-state index >= 15 is 0 Å². The molecule has 0 radical (unpaired) electrons. The van der Waals surface area contributed by atoms with E-state index in [-0.39, 0.29) is 0 Å². The lowest BCUT2D eigenvalue weighted by Crippen LogP contribution is -1.87. The molecule has 0 aliphatic rings. The molecule has 0 aliphatic carbocycles. The van der Waals surface area contributed by atoms with Crippen molar-refractivity contribution in [1.82, 2.24) is 0 Å². The summed E-state index contributed by atoms with van der Waals surface area (Å²) >= 11 is 0. The summed E-state index contributed by atoms with van der Waals surface area (Å²) in [6, 6.07) is 0. The second kappa shape index (κ2) is 7.37. The second-order valence-corrected chi connectivity index (χ2v) is 3.37. The van der Waals surface area contributed by atoms with Crippen LogP contribution in [0.15, 0.2) is 47.1 Å². The lowest BCUT2D eigenvalue weighted by Gasteiger charge is -2.07. The van der Waals surface area contributed by atoms with E-state index in [0.29, 0.717) is 0 Å². The maximum atomic E-state index is 2.27. The molecule has 0 aromatic rings. The third-order valence-corrected chi connectivity index (χ3v) is 2.19. The van der Waals surface area contributed by atoms with Crippen LogP contribution < -0.4 is 0 Å². The van der Waals surface area contributed by atoms with Gasteiger partial charge >= 0.3 is 0 Å². The van der Waals surface area contributed by atoms with Gasteiger partial charge in [-0.05, 0) is 50.8 Å². The minimum absolute atomic E-state index is 1.10. The minimum Gasteiger partial charge on any atom is -0.0877 e. The van der Waals surface area contributed by atoms with Crippen LogP contribution in [0.1, 0.15) is 41.0 Å². The van der Waals surface area contributed by atoms with Gasteiger partial charge in [0.25, 0.3) is 0 Å². The summed E-state index contributed by atoms with van der Waals surface area (Å²) < 4.78 is 0. The van der Waals surface area contributed by atoms with Gasteiger partial charge in [0, 0.05) is 0 Å². The van der Waals surface area contributed by atoms with Gasteiger partial charge in [0.15, 0.2) is 0 Å². The van der Waals surface area contributed by atoms with E-state index in [4.69, 9.17) is 0 Å². The summed E-state index contributed by atoms with van der Waals surface area (Å²) in [5.41, 5.74) is 4.05. The standard InChI is InChI=1S/C14H22/c1-6-9-11-13(5)14(8-3)12(4)10-7-2/h6,8-11H,7H2,1-5H3/b9-6-,12-10+,13-11-,14-8-. The van der Waals surface area contributed by atoms with Crippen LogP contribution in [0.4, 0.5) is 0 Å². The average Bonchev–Trinajstić information content (AvgIpc) is 2.16. The molecule has 0 rings (SSSR count). The third-order valence-electron chi connectivity index (χ3n) is 2.19. The summed E-state index contributed by atoms with van der Waals surface area (Å²) in [6.07, 6.45) is 11.8. The first-order valence-corrected chi connectivity index (χ1v) is 5.30. The molecule has 0 amide bonds. The highest BCUT2D eigenvalue weighted by Gasteiger charge is 1.99. The zero-order valence-corrected chi connectivity index (χ0v) is 10.1. The highest BCUT2D eigenvalue weighted by molar-refractivity contribution is 5.45. The fourth-order valence-electron chi connectivity index (χ4n) is 1.51. The van der Waals surface area contributed by atoms with Crippen LogP contribution in [-0.4, -0.2) is 0 Å². The first kappa shape index (κ1) is 13.0. The summed E-state index contributed by atoms with van der Waals surface area (Å²) in [7, 11) is 0. The van der Waals surface area contributed by atoms with Crippen LogP contribution in [-0.2, 0) is 0 Å². The quantitative estimate of drug-likeness (QED) is 0.558. The van der Waals surface area contributed by atoms with Gasteiger partial charge in [0.1, 0.15) is 0 Å². The Balaban J connectivity index is 4.84. The van der Waals surface area contributed by atoms with Crippen LogP contribution >= 0.6 is 0 Å². The van der Waals surface area contributed by atoms with Crippen molar-refractivity contribution in [3.63, 3.8) is 0 Å². The van der Waals surface area contributed by atoms with Crippen LogP contribution in [0.25, 0.3) is 0 Å². The molecular weight excluding hydrogens is 168 g/mol. The van der Waals surface area contributed by atoms with Crippen molar-refractivity contribution in [2.75, 3.05) is 0 Å². The SMILES string of the molecule is C\C=C/C=C(C)\C(=C/C)C(\C)=C\CC. The van der Waals surface area contributed by atoms with Crippen LogP contribution in [0.3, 0.4) is 0 Å². The Bertz CT molecular complexity index is 272. The fraction of sp³-hybridized carbons (Fsp3) is 0.429. The largest absolute Gasteiger partial charge is 0.0877 e. The molecular formula is C14H22. The van der Waals surface area contributed by atoms with Crippen LogP contribution in [0.2, 0.25) is 0 Å². The first-order valence-electron chi connectivity index (χ1n) is 5.30. The van der Waals surface area contributed by atoms with Gasteiger partial charge in [-0.2, -0.15) is 0 Å². The molecule has 0 fully saturated rings. The molecule has 0 spiro atoms. The van der Waals surface area contributed by atoms with Crippen molar-refractivity contribution in [3.8, 4) is 0 Å². The Morgan fingerprint density at radius 2 is 1.71 bits per heavy atom. The van der Waals surface area contributed by atoms with Gasteiger partial charge in [-0.15, -0.1) is 0 Å². The summed E-state index contributed by atoms with van der Waals surface area (Å²) in [6.45, 7) is 10.6. The van der Waals surface area contributed by atoms with Crippen molar-refractivity contribution in [2.45, 2.75) is 41.0 Å². The van der Waals surface area contributed by atoms with E-state index in [2.05, 4.69) is 58.1 Å². The summed E-state index contributed by atoms with van der Waals surface area (Å²) in [5, 5.41) is 0. The number of hydrogen-bond acceptors (Lipinski definition) is 0.